The predicted molar refractivity (Wildman–Crippen MR) is 305 cm³/mol. The van der Waals surface area contributed by atoms with Gasteiger partial charge in [-0.2, -0.15) is 0 Å². The summed E-state index contributed by atoms with van der Waals surface area (Å²) in [5.74, 6) is -8.86. The molecule has 0 radical (unpaired) electrons. The van der Waals surface area contributed by atoms with Crippen LogP contribution in [-0.2, 0) is 72.0 Å². The van der Waals surface area contributed by atoms with Gasteiger partial charge < -0.3 is 90.1 Å². The number of primary amides is 1. The Kier molecular flexibility index (Phi) is 23.7. The van der Waals surface area contributed by atoms with Crippen LogP contribution in [0, 0.1) is 5.92 Å². The van der Waals surface area contributed by atoms with E-state index < -0.39 is 127 Å². The number of aromatic amines is 2. The molecule has 2 saturated heterocycles. The smallest absolute Gasteiger partial charge is 0.245 e. The quantitative estimate of drug-likeness (QED) is 0.0129. The normalized spacial score (nSPS) is 16.8. The van der Waals surface area contributed by atoms with E-state index in [1.54, 1.807) is 44.3 Å². The molecule has 11 amide bonds. The molecule has 30 heteroatoms. The highest BCUT2D eigenvalue weighted by atomic mass is 16.3. The molecular formula is C55H75N17O13. The summed E-state index contributed by atoms with van der Waals surface area (Å²) in [4.78, 5) is 164. The van der Waals surface area contributed by atoms with Gasteiger partial charge in [-0.05, 0) is 73.8 Å². The zero-order valence-electron chi connectivity index (χ0n) is 47.1. The first-order valence-corrected chi connectivity index (χ1v) is 27.8. The number of benzene rings is 2. The topological polar surface area (TPSA) is 475 Å². The molecule has 0 saturated carbocycles. The molecule has 6 rings (SSSR count). The number of hydrogen-bond acceptors (Lipinski definition) is 15. The summed E-state index contributed by atoms with van der Waals surface area (Å²) in [7, 11) is 0. The number of H-pyrrole nitrogens is 2. The summed E-state index contributed by atoms with van der Waals surface area (Å²) < 4.78 is 0. The van der Waals surface area contributed by atoms with E-state index in [0.29, 0.717) is 34.1 Å². The standard InChI is InChI=1S/C55H75N17O13/c1-29(2)19-38(49(80)67-37(9-5-17-60-55(57)58)54(85)72-18-6-10-43(72)53(84)62-25-44(56)75)66-46(77)26-63-47(78)39(20-30-11-13-33(74)14-12-30)68-52(83)42(27-73)71-50(81)40(21-31-23-61-35-8-4-3-7-34(31)35)69-51(82)41(22-32-24-59-28-64-32)70-48(79)36-15-16-45(76)65-36/h3-4,7-8,11-14,23-24,28-29,36-43,61,73-74H,5-6,9-10,15-22,25-27H2,1-2H3,(H2,56,75)(H,59,64)(H,62,84)(H,63,78)(H,65,76)(H,66,77)(H,67,80)(H,68,83)(H,69,82)(H,70,79)(H,71,81)(H4,57,58,60)/t36-,37-,38-,39-,40+,41-,42-,43-/m0/s1. The number of carbonyl (C=O) groups excluding carboxylic acids is 11. The van der Waals surface area contributed by atoms with Crippen molar-refractivity contribution in [1.29, 1.82) is 0 Å². The fraction of sp³-hybridized carbons (Fsp3) is 0.473. The second kappa shape index (κ2) is 31.2. The van der Waals surface area contributed by atoms with Crippen molar-refractivity contribution in [3.8, 4) is 5.75 Å². The molecule has 0 bridgehead atoms. The lowest BCUT2D eigenvalue weighted by Crippen LogP contribution is -2.60. The molecule has 2 aromatic carbocycles. The molecule has 0 unspecified atom stereocenters. The van der Waals surface area contributed by atoms with E-state index in [4.69, 9.17) is 17.2 Å². The predicted octanol–water partition coefficient (Wildman–Crippen LogP) is -4.39. The molecule has 4 heterocycles. The SMILES string of the molecule is CC(C)C[C@H](NC(=O)CNC(=O)[C@H](Cc1ccc(O)cc1)NC(=O)[C@H](CO)NC(=O)[C@@H](Cc1c[nH]c2ccccc12)NC(=O)[C@H](Cc1cnc[nH]1)NC(=O)[C@@H]1CCC(=O)N1)C(=O)N[C@@H](CCCN=C(N)N)C(=O)N1CCC[C@H]1C(=O)NCC(N)=O. The molecule has 458 valence electrons. The number of phenols is 1. The summed E-state index contributed by atoms with van der Waals surface area (Å²) >= 11 is 0. The minimum atomic E-state index is -1.76. The number of guanidine groups is 1. The third-order valence-electron chi connectivity index (χ3n) is 14.1. The number of aliphatic imine (C=N–C) groups is 1. The van der Waals surface area contributed by atoms with E-state index in [0.717, 1.165) is 0 Å². The van der Waals surface area contributed by atoms with Gasteiger partial charge in [0.05, 0.1) is 26.0 Å². The van der Waals surface area contributed by atoms with Crippen LogP contribution in [0.5, 0.6) is 5.75 Å². The lowest BCUT2D eigenvalue weighted by Gasteiger charge is -2.30. The van der Waals surface area contributed by atoms with Crippen LogP contribution in [0.25, 0.3) is 10.9 Å². The van der Waals surface area contributed by atoms with E-state index in [1.165, 1.54) is 41.7 Å². The zero-order valence-corrected chi connectivity index (χ0v) is 47.1. The highest BCUT2D eigenvalue weighted by molar-refractivity contribution is 5.99. The third kappa shape index (κ3) is 19.5. The maximum Gasteiger partial charge on any atom is 0.245 e. The minimum absolute atomic E-state index is 0.0156. The summed E-state index contributed by atoms with van der Waals surface area (Å²) in [6.07, 6.45) is 5.24. The van der Waals surface area contributed by atoms with Crippen LogP contribution in [0.3, 0.4) is 0 Å². The van der Waals surface area contributed by atoms with Gasteiger partial charge in [0.25, 0.3) is 0 Å². The maximum absolute atomic E-state index is 14.4. The summed E-state index contributed by atoms with van der Waals surface area (Å²) in [5, 5.41) is 44.5. The molecule has 2 aliphatic rings. The van der Waals surface area contributed by atoms with Crippen LogP contribution >= 0.6 is 0 Å². The first-order chi connectivity index (χ1) is 40.6. The van der Waals surface area contributed by atoms with Crippen LogP contribution in [0.2, 0.25) is 0 Å². The maximum atomic E-state index is 14.4. The lowest BCUT2D eigenvalue weighted by atomic mass is 10.0. The number of likely N-dealkylation sites (tertiary alicyclic amines) is 1. The Hall–Kier alpha value is -9.61. The van der Waals surface area contributed by atoms with E-state index in [-0.39, 0.29) is 94.4 Å². The molecule has 0 aliphatic carbocycles. The van der Waals surface area contributed by atoms with Crippen molar-refractivity contribution in [3.05, 3.63) is 84.1 Å². The number of amides is 11. The number of hydrogen-bond donors (Lipinski definition) is 16. The number of aromatic hydroxyl groups is 1. The Morgan fingerprint density at radius 1 is 0.729 bits per heavy atom. The molecule has 2 fully saturated rings. The van der Waals surface area contributed by atoms with Crippen molar-refractivity contribution in [2.75, 3.05) is 32.8 Å². The number of fused-ring (bicyclic) bond motifs is 1. The van der Waals surface area contributed by atoms with Crippen LogP contribution in [0.15, 0.2) is 72.2 Å². The van der Waals surface area contributed by atoms with Gasteiger partial charge in [0, 0.05) is 67.8 Å². The molecule has 30 nitrogen and oxygen atoms in total. The lowest BCUT2D eigenvalue weighted by molar-refractivity contribution is -0.142. The van der Waals surface area contributed by atoms with Gasteiger partial charge in [0.1, 0.15) is 54.1 Å². The molecule has 4 aromatic rings. The Balaban J connectivity index is 1.16. The number of aliphatic hydroxyl groups is 1. The zero-order chi connectivity index (χ0) is 61.7. The second-order valence-corrected chi connectivity index (χ2v) is 21.2. The average Bonchev–Trinajstić information content (AvgIpc) is 4.32. The number of imidazole rings is 1. The minimum Gasteiger partial charge on any atom is -0.508 e. The van der Waals surface area contributed by atoms with Gasteiger partial charge in [-0.25, -0.2) is 4.98 Å². The molecule has 19 N–H and O–H groups in total. The van der Waals surface area contributed by atoms with Gasteiger partial charge in [-0.15, -0.1) is 0 Å². The van der Waals surface area contributed by atoms with Crippen molar-refractivity contribution < 1.29 is 63.0 Å². The van der Waals surface area contributed by atoms with Crippen LogP contribution in [0.1, 0.15) is 75.6 Å². The van der Waals surface area contributed by atoms with Crippen LogP contribution in [-0.4, -0.2) is 182 Å². The number of aliphatic hydroxyl groups excluding tert-OH is 1. The number of rotatable bonds is 31. The number of nitrogens with zero attached hydrogens (tertiary/aromatic N) is 3. The largest absolute Gasteiger partial charge is 0.508 e. The summed E-state index contributed by atoms with van der Waals surface area (Å²) in [6.45, 7) is 1.62. The van der Waals surface area contributed by atoms with Gasteiger partial charge in [-0.3, -0.25) is 57.7 Å². The molecule has 0 spiro atoms. The first-order valence-electron chi connectivity index (χ1n) is 27.8. The van der Waals surface area contributed by atoms with Crippen LogP contribution in [0.4, 0.5) is 0 Å². The number of carbonyl (C=O) groups is 11. The van der Waals surface area contributed by atoms with Crippen LogP contribution < -0.4 is 65.1 Å². The third-order valence-corrected chi connectivity index (χ3v) is 14.1. The van der Waals surface area contributed by atoms with Crippen molar-refractivity contribution in [1.82, 2.24) is 67.7 Å². The fourth-order valence-electron chi connectivity index (χ4n) is 9.79. The Labute approximate surface area is 488 Å². The second-order valence-electron chi connectivity index (χ2n) is 21.2. The number of phenolic OH excluding ortho intramolecular Hbond substituents is 1. The number of nitrogens with two attached hydrogens (primary N) is 3. The number of aromatic nitrogens is 3. The van der Waals surface area contributed by atoms with Crippen molar-refractivity contribution in [2.45, 2.75) is 126 Å². The molecule has 2 aromatic heterocycles. The fourth-order valence-corrected chi connectivity index (χ4v) is 9.79. The van der Waals surface area contributed by atoms with Gasteiger partial charge in [0.2, 0.25) is 65.0 Å². The van der Waals surface area contributed by atoms with E-state index in [9.17, 15) is 63.0 Å². The van der Waals surface area contributed by atoms with Gasteiger partial charge >= 0.3 is 0 Å². The van der Waals surface area contributed by atoms with E-state index >= 15 is 0 Å². The van der Waals surface area contributed by atoms with E-state index in [2.05, 4.69) is 67.8 Å². The van der Waals surface area contributed by atoms with Gasteiger partial charge in [-0.1, -0.05) is 44.2 Å². The Morgan fingerprint density at radius 3 is 2.04 bits per heavy atom. The highest BCUT2D eigenvalue weighted by Crippen LogP contribution is 2.22. The molecule has 8 atom stereocenters. The number of nitrogens with one attached hydrogen (secondary N) is 11. The van der Waals surface area contributed by atoms with Crippen molar-refractivity contribution in [3.63, 3.8) is 0 Å². The first kappa shape index (κ1) is 64.6. The molecular weight excluding hydrogens is 1110 g/mol. The summed E-state index contributed by atoms with van der Waals surface area (Å²) in [5.41, 5.74) is 18.3. The van der Waals surface area contributed by atoms with Crippen molar-refractivity contribution in [2.24, 2.45) is 28.1 Å². The van der Waals surface area contributed by atoms with E-state index in [1.807, 2.05) is 0 Å². The van der Waals surface area contributed by atoms with Crippen molar-refractivity contribution >= 4 is 81.8 Å². The Morgan fingerprint density at radius 2 is 1.39 bits per heavy atom. The Bertz CT molecular complexity index is 3060. The molecule has 2 aliphatic heterocycles. The monoisotopic (exact) mass is 1180 g/mol. The van der Waals surface area contributed by atoms with Gasteiger partial charge in [0.15, 0.2) is 5.96 Å². The number of para-hydroxylation sites is 1. The summed E-state index contributed by atoms with van der Waals surface area (Å²) in [6, 6.07) is 2.37. The average molecular weight is 1180 g/mol. The highest BCUT2D eigenvalue weighted by Gasteiger charge is 2.39. The molecule has 85 heavy (non-hydrogen) atoms.